The van der Waals surface area contributed by atoms with Crippen molar-refractivity contribution in [3.63, 3.8) is 0 Å². The van der Waals surface area contributed by atoms with Gasteiger partial charge in [0.1, 0.15) is 5.75 Å². The first-order valence-electron chi connectivity index (χ1n) is 8.24. The number of nitro groups is 1. The Balaban J connectivity index is 1.80. The Hall–Kier alpha value is -3.22. The summed E-state index contributed by atoms with van der Waals surface area (Å²) in [5, 5.41) is 13.6. The lowest BCUT2D eigenvalue weighted by Crippen LogP contribution is -2.15. The molecule has 0 spiro atoms. The van der Waals surface area contributed by atoms with E-state index >= 15 is 0 Å². The molecule has 0 bridgehead atoms. The fourth-order valence-electron chi connectivity index (χ4n) is 2.45. The molecule has 1 atom stereocenters. The summed E-state index contributed by atoms with van der Waals surface area (Å²) < 4.78 is 5.68. The van der Waals surface area contributed by atoms with E-state index < -0.39 is 4.92 Å². The van der Waals surface area contributed by atoms with Crippen molar-refractivity contribution in [1.82, 2.24) is 0 Å². The van der Waals surface area contributed by atoms with Crippen molar-refractivity contribution >= 4 is 23.6 Å². The van der Waals surface area contributed by atoms with Gasteiger partial charge >= 0.3 is 0 Å². The van der Waals surface area contributed by atoms with Crippen molar-refractivity contribution in [3.8, 4) is 5.75 Å². The molecule has 0 aromatic heterocycles. The van der Waals surface area contributed by atoms with Crippen LogP contribution in [0.5, 0.6) is 5.75 Å². The van der Waals surface area contributed by atoms with E-state index in [2.05, 4.69) is 5.32 Å². The van der Waals surface area contributed by atoms with E-state index in [4.69, 9.17) is 4.74 Å². The second-order valence-electron chi connectivity index (χ2n) is 5.83. The number of anilines is 1. The second kappa shape index (κ2) is 9.31. The summed E-state index contributed by atoms with van der Waals surface area (Å²) in [5.41, 5.74) is 0.480. The largest absolute Gasteiger partial charge is 0.491 e. The van der Waals surface area contributed by atoms with Crippen LogP contribution in [0.2, 0.25) is 0 Å². The average Bonchev–Trinajstić information content (AvgIpc) is 2.62. The molecule has 0 saturated heterocycles. The number of nitrogens with zero attached hydrogens (tertiary/aromatic N) is 1. The van der Waals surface area contributed by atoms with Crippen LogP contribution in [0.3, 0.4) is 0 Å². The first-order valence-corrected chi connectivity index (χ1v) is 8.24. The van der Waals surface area contributed by atoms with Gasteiger partial charge in [-0.3, -0.25) is 19.7 Å². The van der Waals surface area contributed by atoms with Crippen molar-refractivity contribution < 1.29 is 19.2 Å². The lowest BCUT2D eigenvalue weighted by molar-refractivity contribution is -0.385. The number of hydrogen-bond donors (Lipinski definition) is 1. The van der Waals surface area contributed by atoms with Crippen molar-refractivity contribution in [1.29, 1.82) is 0 Å². The third kappa shape index (κ3) is 5.70. The number of amides is 1. The molecule has 2 aromatic rings. The molecule has 0 heterocycles. The van der Waals surface area contributed by atoms with E-state index in [0.29, 0.717) is 31.3 Å². The van der Waals surface area contributed by atoms with Crippen molar-refractivity contribution in [3.05, 3.63) is 64.2 Å². The molecule has 26 heavy (non-hydrogen) atoms. The Labute approximate surface area is 151 Å². The molecule has 0 fully saturated rings. The summed E-state index contributed by atoms with van der Waals surface area (Å²) in [4.78, 5) is 33.1. The van der Waals surface area contributed by atoms with Crippen molar-refractivity contribution in [2.24, 2.45) is 0 Å². The zero-order valence-electron chi connectivity index (χ0n) is 14.4. The maximum atomic E-state index is 11.9. The fraction of sp³-hybridized carbons (Fsp3) is 0.263. The summed E-state index contributed by atoms with van der Waals surface area (Å²) in [6.45, 7) is 1.84. The van der Waals surface area contributed by atoms with Crippen LogP contribution >= 0.6 is 0 Å². The van der Waals surface area contributed by atoms with E-state index in [1.165, 1.54) is 18.2 Å². The number of carbonyl (C=O) groups excluding carboxylic acids is 2. The molecule has 0 aliphatic rings. The number of ether oxygens (including phenoxy) is 1. The average molecular weight is 356 g/mol. The third-order valence-electron chi connectivity index (χ3n) is 3.73. The van der Waals surface area contributed by atoms with Crippen molar-refractivity contribution in [2.75, 3.05) is 5.32 Å². The van der Waals surface area contributed by atoms with Gasteiger partial charge in [0.15, 0.2) is 6.29 Å². The van der Waals surface area contributed by atoms with Gasteiger partial charge in [-0.15, -0.1) is 0 Å². The quantitative estimate of drug-likeness (QED) is 0.416. The molecule has 7 nitrogen and oxygen atoms in total. The van der Waals surface area contributed by atoms with E-state index in [1.54, 1.807) is 0 Å². The molecule has 1 N–H and O–H groups in total. The van der Waals surface area contributed by atoms with E-state index in [9.17, 15) is 19.7 Å². The number of benzene rings is 2. The van der Waals surface area contributed by atoms with Gasteiger partial charge in [0.2, 0.25) is 5.91 Å². The Morgan fingerprint density at radius 1 is 1.27 bits per heavy atom. The Bertz CT molecular complexity index is 777. The van der Waals surface area contributed by atoms with Crippen molar-refractivity contribution in [2.45, 2.75) is 32.3 Å². The van der Waals surface area contributed by atoms with Gasteiger partial charge in [0, 0.05) is 18.2 Å². The number of carbonyl (C=O) groups is 2. The highest BCUT2D eigenvalue weighted by Crippen LogP contribution is 2.24. The molecule has 0 aliphatic carbocycles. The van der Waals surface area contributed by atoms with E-state index in [-0.39, 0.29) is 23.3 Å². The van der Waals surface area contributed by atoms with E-state index in [1.807, 2.05) is 37.3 Å². The van der Waals surface area contributed by atoms with Gasteiger partial charge in [-0.1, -0.05) is 18.2 Å². The lowest BCUT2D eigenvalue weighted by Gasteiger charge is -2.15. The molecule has 1 unspecified atom stereocenters. The minimum Gasteiger partial charge on any atom is -0.491 e. The number of nitrogens with one attached hydrogen (secondary N) is 1. The summed E-state index contributed by atoms with van der Waals surface area (Å²) in [6.07, 6.45) is 1.87. The zero-order chi connectivity index (χ0) is 18.9. The van der Waals surface area contributed by atoms with Gasteiger partial charge in [0.05, 0.1) is 16.6 Å². The lowest BCUT2D eigenvalue weighted by atomic mass is 10.1. The third-order valence-corrected chi connectivity index (χ3v) is 3.73. The zero-order valence-corrected chi connectivity index (χ0v) is 14.4. The molecular weight excluding hydrogens is 336 g/mol. The number of hydrogen-bond acceptors (Lipinski definition) is 5. The van der Waals surface area contributed by atoms with Gasteiger partial charge in [-0.25, -0.2) is 0 Å². The molecule has 0 radical (unpaired) electrons. The van der Waals surface area contributed by atoms with Crippen LogP contribution in [0.1, 0.15) is 36.5 Å². The van der Waals surface area contributed by atoms with E-state index in [0.717, 1.165) is 5.69 Å². The van der Waals surface area contributed by atoms with Crippen LogP contribution in [0.15, 0.2) is 48.5 Å². The fourth-order valence-corrected chi connectivity index (χ4v) is 2.45. The topological polar surface area (TPSA) is 98.5 Å². The molecule has 2 rings (SSSR count). The number of aldehydes is 1. The maximum Gasteiger partial charge on any atom is 0.280 e. The molecule has 2 aromatic carbocycles. The predicted octanol–water partition coefficient (Wildman–Crippen LogP) is 3.98. The Morgan fingerprint density at radius 3 is 2.65 bits per heavy atom. The summed E-state index contributed by atoms with van der Waals surface area (Å²) in [7, 11) is 0. The monoisotopic (exact) mass is 356 g/mol. The Kier molecular flexibility index (Phi) is 6.84. The first kappa shape index (κ1) is 19.1. The molecule has 0 saturated carbocycles. The minimum absolute atomic E-state index is 0.0260. The minimum atomic E-state index is -0.609. The van der Waals surface area contributed by atoms with Crippen LogP contribution < -0.4 is 10.1 Å². The summed E-state index contributed by atoms with van der Waals surface area (Å²) in [6, 6.07) is 13.3. The molecule has 1 amide bonds. The van der Waals surface area contributed by atoms with Crippen LogP contribution in [-0.2, 0) is 4.79 Å². The standard InChI is InChI=1S/C19H20N2O5/c1-14(6-5-9-19(23)20-16-7-3-2-4-8-16)26-17-10-11-18(21(24)25)15(12-17)13-22/h2-4,7-8,10-14H,5-6,9H2,1H3,(H,20,23). The maximum absolute atomic E-state index is 11.9. The summed E-state index contributed by atoms with van der Waals surface area (Å²) in [5.74, 6) is 0.320. The molecule has 136 valence electrons. The normalized spacial score (nSPS) is 11.4. The van der Waals surface area contributed by atoms with Crippen LogP contribution in [-0.4, -0.2) is 23.2 Å². The van der Waals surface area contributed by atoms with Crippen LogP contribution in [0.4, 0.5) is 11.4 Å². The molecule has 7 heteroatoms. The highest BCUT2D eigenvalue weighted by molar-refractivity contribution is 5.90. The van der Waals surface area contributed by atoms with Crippen LogP contribution in [0, 0.1) is 10.1 Å². The SMILES string of the molecule is CC(CCCC(=O)Nc1ccccc1)Oc1ccc([N+](=O)[O-])c(C=O)c1. The number of para-hydroxylation sites is 1. The van der Waals surface area contributed by atoms with Gasteiger partial charge < -0.3 is 10.1 Å². The van der Waals surface area contributed by atoms with Gasteiger partial charge in [0.25, 0.3) is 5.69 Å². The molecule has 0 aliphatic heterocycles. The summed E-state index contributed by atoms with van der Waals surface area (Å²) >= 11 is 0. The number of rotatable bonds is 9. The Morgan fingerprint density at radius 2 is 2.00 bits per heavy atom. The smallest absolute Gasteiger partial charge is 0.280 e. The highest BCUT2D eigenvalue weighted by atomic mass is 16.6. The van der Waals surface area contributed by atoms with Gasteiger partial charge in [-0.2, -0.15) is 0 Å². The predicted molar refractivity (Wildman–Crippen MR) is 97.5 cm³/mol. The highest BCUT2D eigenvalue weighted by Gasteiger charge is 2.15. The first-order chi connectivity index (χ1) is 12.5. The second-order valence-corrected chi connectivity index (χ2v) is 5.83. The van der Waals surface area contributed by atoms with Gasteiger partial charge in [-0.05, 0) is 44.0 Å². The number of nitro benzene ring substituents is 1. The van der Waals surface area contributed by atoms with Crippen LogP contribution in [0.25, 0.3) is 0 Å². The molecular formula is C19H20N2O5.